The number of thiophene rings is 1. The lowest BCUT2D eigenvalue weighted by Gasteiger charge is -2.25. The number of rotatable bonds is 3. The predicted molar refractivity (Wildman–Crippen MR) is 64.6 cm³/mol. The van der Waals surface area contributed by atoms with Gasteiger partial charge in [-0.15, -0.1) is 11.3 Å². The molecule has 0 amide bonds. The molecule has 1 aromatic rings. The number of Topliss-reactive ketones (excluding diaryl/α,β-unsaturated/α-hetero) is 1. The minimum atomic E-state index is -0.0203. The number of aryl methyl sites for hydroxylation is 1. The van der Waals surface area contributed by atoms with Crippen LogP contribution in [0.25, 0.3) is 0 Å². The second kappa shape index (κ2) is 4.09. The fraction of sp³-hybridized carbons (Fsp3) is 0.615. The Kier molecular flexibility index (Phi) is 2.96. The Hall–Kier alpha value is -0.630. The van der Waals surface area contributed by atoms with E-state index in [9.17, 15) is 4.79 Å². The molecule has 0 radical (unpaired) electrons. The molecule has 1 aliphatic carbocycles. The number of hydrogen-bond donors (Lipinski definition) is 0. The molecule has 0 unspecified atom stereocenters. The van der Waals surface area contributed by atoms with Gasteiger partial charge in [-0.3, -0.25) is 4.79 Å². The summed E-state index contributed by atoms with van der Waals surface area (Å²) < 4.78 is 0. The molecule has 0 aliphatic heterocycles. The van der Waals surface area contributed by atoms with Gasteiger partial charge in [-0.05, 0) is 32.3 Å². The summed E-state index contributed by atoms with van der Waals surface area (Å²) in [5.74, 6) is 0.395. The molecule has 0 aromatic carbocycles. The lowest BCUT2D eigenvalue weighted by Crippen LogP contribution is -2.26. The van der Waals surface area contributed by atoms with Crippen molar-refractivity contribution < 1.29 is 4.79 Å². The molecule has 1 nitrogen and oxygen atoms in total. The highest BCUT2D eigenvalue weighted by atomic mass is 32.1. The first-order chi connectivity index (χ1) is 7.18. The van der Waals surface area contributed by atoms with Crippen molar-refractivity contribution in [1.29, 1.82) is 0 Å². The molecule has 0 saturated heterocycles. The van der Waals surface area contributed by atoms with Crippen molar-refractivity contribution in [2.75, 3.05) is 0 Å². The van der Waals surface area contributed by atoms with E-state index in [2.05, 4.69) is 13.8 Å². The van der Waals surface area contributed by atoms with Gasteiger partial charge in [0.05, 0.1) is 0 Å². The van der Waals surface area contributed by atoms with E-state index in [0.717, 1.165) is 24.8 Å². The minimum absolute atomic E-state index is 0.0203. The predicted octanol–water partition coefficient (Wildman–Crippen LogP) is 4.21. The molecule has 0 atom stereocenters. The van der Waals surface area contributed by atoms with Crippen LogP contribution >= 0.6 is 11.3 Å². The maximum Gasteiger partial charge on any atom is 0.169 e. The number of carbonyl (C=O) groups excluding carboxylic acids is 1. The van der Waals surface area contributed by atoms with E-state index in [0.29, 0.717) is 5.78 Å². The van der Waals surface area contributed by atoms with Gasteiger partial charge in [0.2, 0.25) is 0 Å². The van der Waals surface area contributed by atoms with Crippen molar-refractivity contribution >= 4 is 17.1 Å². The van der Waals surface area contributed by atoms with Crippen LogP contribution in [0.2, 0.25) is 0 Å². The summed E-state index contributed by atoms with van der Waals surface area (Å²) in [6.07, 6.45) is 5.64. The van der Waals surface area contributed by atoms with Crippen molar-refractivity contribution in [1.82, 2.24) is 0 Å². The van der Waals surface area contributed by atoms with Gasteiger partial charge in [-0.2, -0.15) is 0 Å². The minimum Gasteiger partial charge on any atom is -0.294 e. The number of ketones is 1. The van der Waals surface area contributed by atoms with Crippen LogP contribution in [-0.2, 0) is 0 Å². The van der Waals surface area contributed by atoms with Gasteiger partial charge in [0.15, 0.2) is 5.78 Å². The zero-order chi connectivity index (χ0) is 10.9. The molecule has 1 saturated carbocycles. The zero-order valence-electron chi connectivity index (χ0n) is 9.51. The second-order valence-electron chi connectivity index (χ2n) is 4.62. The largest absolute Gasteiger partial charge is 0.294 e. The molecule has 2 rings (SSSR count). The Morgan fingerprint density at radius 2 is 2.13 bits per heavy atom. The smallest absolute Gasteiger partial charge is 0.169 e. The van der Waals surface area contributed by atoms with Crippen LogP contribution in [0.3, 0.4) is 0 Å². The third-order valence-corrected chi connectivity index (χ3v) is 4.57. The average Bonchev–Trinajstić information content (AvgIpc) is 2.86. The molecule has 1 aromatic heterocycles. The highest BCUT2D eigenvalue weighted by molar-refractivity contribution is 7.10. The molecule has 0 spiro atoms. The summed E-state index contributed by atoms with van der Waals surface area (Å²) >= 11 is 1.68. The van der Waals surface area contributed by atoms with E-state index < -0.39 is 0 Å². The van der Waals surface area contributed by atoms with Gasteiger partial charge in [0.1, 0.15) is 0 Å². The summed E-state index contributed by atoms with van der Waals surface area (Å²) in [7, 11) is 0. The summed E-state index contributed by atoms with van der Waals surface area (Å²) in [6, 6.07) is 2.04. The molecule has 1 heterocycles. The molecule has 15 heavy (non-hydrogen) atoms. The fourth-order valence-electron chi connectivity index (χ4n) is 2.66. The van der Waals surface area contributed by atoms with Gasteiger partial charge in [0.25, 0.3) is 0 Å². The van der Waals surface area contributed by atoms with Crippen LogP contribution in [-0.4, -0.2) is 5.78 Å². The summed E-state index contributed by atoms with van der Waals surface area (Å²) in [5.41, 5.74) is 0.925. The van der Waals surface area contributed by atoms with Crippen LogP contribution in [0.5, 0.6) is 0 Å². The first-order valence-corrected chi connectivity index (χ1v) is 6.66. The SMILES string of the molecule is CCC1(C(=O)c2csc(C)c2)CCCC1. The van der Waals surface area contributed by atoms with E-state index >= 15 is 0 Å². The molecule has 0 N–H and O–H groups in total. The van der Waals surface area contributed by atoms with Crippen LogP contribution in [0.1, 0.15) is 54.3 Å². The van der Waals surface area contributed by atoms with E-state index in [1.165, 1.54) is 17.7 Å². The Balaban J connectivity index is 2.26. The first kappa shape index (κ1) is 10.9. The molecular weight excluding hydrogens is 204 g/mol. The standard InChI is InChI=1S/C13H18OS/c1-3-13(6-4-5-7-13)12(14)11-8-10(2)15-9-11/h8-9H,3-7H2,1-2H3. The Morgan fingerprint density at radius 1 is 1.47 bits per heavy atom. The zero-order valence-corrected chi connectivity index (χ0v) is 10.3. The third kappa shape index (κ3) is 1.87. The Morgan fingerprint density at radius 3 is 2.60 bits per heavy atom. The van der Waals surface area contributed by atoms with Crippen molar-refractivity contribution in [3.8, 4) is 0 Å². The van der Waals surface area contributed by atoms with Crippen LogP contribution < -0.4 is 0 Å². The van der Waals surface area contributed by atoms with Gasteiger partial charge < -0.3 is 0 Å². The van der Waals surface area contributed by atoms with E-state index in [4.69, 9.17) is 0 Å². The van der Waals surface area contributed by atoms with Crippen molar-refractivity contribution in [3.05, 3.63) is 21.9 Å². The number of carbonyl (C=O) groups is 1. The second-order valence-corrected chi connectivity index (χ2v) is 5.73. The summed E-state index contributed by atoms with van der Waals surface area (Å²) in [6.45, 7) is 4.22. The van der Waals surface area contributed by atoms with Gasteiger partial charge >= 0.3 is 0 Å². The number of hydrogen-bond acceptors (Lipinski definition) is 2. The van der Waals surface area contributed by atoms with E-state index in [1.807, 2.05) is 11.4 Å². The lowest BCUT2D eigenvalue weighted by atomic mass is 9.77. The molecule has 2 heteroatoms. The molecule has 0 bridgehead atoms. The Bertz CT molecular complexity index is 358. The summed E-state index contributed by atoms with van der Waals surface area (Å²) in [5, 5.41) is 2.02. The van der Waals surface area contributed by atoms with Crippen LogP contribution in [0.15, 0.2) is 11.4 Å². The quantitative estimate of drug-likeness (QED) is 0.700. The molecule has 1 aliphatic rings. The van der Waals surface area contributed by atoms with Gasteiger partial charge in [-0.25, -0.2) is 0 Å². The van der Waals surface area contributed by atoms with Gasteiger partial charge in [-0.1, -0.05) is 19.8 Å². The third-order valence-electron chi connectivity index (χ3n) is 3.71. The van der Waals surface area contributed by atoms with Crippen LogP contribution in [0, 0.1) is 12.3 Å². The van der Waals surface area contributed by atoms with Gasteiger partial charge in [0, 0.05) is 21.2 Å². The van der Waals surface area contributed by atoms with Crippen molar-refractivity contribution in [2.24, 2.45) is 5.41 Å². The van der Waals surface area contributed by atoms with Crippen LogP contribution in [0.4, 0.5) is 0 Å². The maximum absolute atomic E-state index is 12.4. The molecule has 82 valence electrons. The lowest BCUT2D eigenvalue weighted by molar-refractivity contribution is 0.0792. The average molecular weight is 222 g/mol. The maximum atomic E-state index is 12.4. The fourth-order valence-corrected chi connectivity index (χ4v) is 3.34. The monoisotopic (exact) mass is 222 g/mol. The molecule has 1 fully saturated rings. The Labute approximate surface area is 95.5 Å². The normalized spacial score (nSPS) is 19.3. The van der Waals surface area contributed by atoms with E-state index in [-0.39, 0.29) is 5.41 Å². The van der Waals surface area contributed by atoms with Crippen molar-refractivity contribution in [2.45, 2.75) is 46.0 Å². The first-order valence-electron chi connectivity index (χ1n) is 5.78. The highest BCUT2D eigenvalue weighted by Gasteiger charge is 2.39. The summed E-state index contributed by atoms with van der Waals surface area (Å²) in [4.78, 5) is 13.7. The topological polar surface area (TPSA) is 17.1 Å². The highest BCUT2D eigenvalue weighted by Crippen LogP contribution is 2.43. The van der Waals surface area contributed by atoms with E-state index in [1.54, 1.807) is 11.3 Å². The van der Waals surface area contributed by atoms with Crippen molar-refractivity contribution in [3.63, 3.8) is 0 Å². The molecular formula is C13H18OS.